The Morgan fingerprint density at radius 1 is 1.58 bits per heavy atom. The van der Waals surface area contributed by atoms with Crippen LogP contribution in [-0.4, -0.2) is 37.3 Å². The zero-order valence-electron chi connectivity index (χ0n) is 10.8. The lowest BCUT2D eigenvalue weighted by molar-refractivity contribution is 0.205. The van der Waals surface area contributed by atoms with E-state index in [0.717, 1.165) is 12.2 Å². The van der Waals surface area contributed by atoms with Gasteiger partial charge >= 0.3 is 0 Å². The number of rotatable bonds is 6. The van der Waals surface area contributed by atoms with Crippen LogP contribution in [0.3, 0.4) is 0 Å². The van der Waals surface area contributed by atoms with Crippen molar-refractivity contribution in [3.63, 3.8) is 0 Å². The molecule has 0 saturated heterocycles. The van der Waals surface area contributed by atoms with E-state index in [0.29, 0.717) is 23.2 Å². The molecule has 0 heterocycles. The van der Waals surface area contributed by atoms with Gasteiger partial charge in [-0.05, 0) is 31.0 Å². The summed E-state index contributed by atoms with van der Waals surface area (Å²) in [5.74, 6) is 0.0586. The second-order valence-corrected chi connectivity index (χ2v) is 4.98. The molecule has 0 radical (unpaired) electrons. The maximum absolute atomic E-state index is 8.66. The zero-order chi connectivity index (χ0) is 13.8. The third-order valence-electron chi connectivity index (χ3n) is 3.18. The fraction of sp³-hybridized carbons (Fsp3) is 0.462. The van der Waals surface area contributed by atoms with Gasteiger partial charge in [-0.3, -0.25) is 0 Å². The first-order valence-electron chi connectivity index (χ1n) is 6.20. The second kappa shape index (κ2) is 6.12. The van der Waals surface area contributed by atoms with E-state index in [4.69, 9.17) is 27.3 Å². The number of nitrogens with zero attached hydrogens (tertiary/aromatic N) is 2. The van der Waals surface area contributed by atoms with Gasteiger partial charge in [-0.25, -0.2) is 0 Å². The number of ether oxygens (including phenoxy) is 1. The minimum atomic E-state index is 0.0586. The van der Waals surface area contributed by atoms with Crippen LogP contribution in [-0.2, 0) is 4.74 Å². The molecule has 0 spiro atoms. The second-order valence-electron chi connectivity index (χ2n) is 4.57. The van der Waals surface area contributed by atoms with Crippen molar-refractivity contribution in [3.05, 3.63) is 28.8 Å². The molecule has 104 valence electrons. The van der Waals surface area contributed by atoms with Gasteiger partial charge in [0.25, 0.3) is 0 Å². The van der Waals surface area contributed by atoms with Crippen LogP contribution in [0.1, 0.15) is 18.4 Å². The van der Waals surface area contributed by atoms with E-state index in [1.54, 1.807) is 19.2 Å². The third kappa shape index (κ3) is 3.30. The van der Waals surface area contributed by atoms with E-state index in [9.17, 15) is 0 Å². The van der Waals surface area contributed by atoms with Crippen LogP contribution in [0.2, 0.25) is 5.02 Å². The Balaban J connectivity index is 2.22. The Bertz CT molecular complexity index is 475. The summed E-state index contributed by atoms with van der Waals surface area (Å²) in [5, 5.41) is 12.2. The average molecular weight is 284 g/mol. The van der Waals surface area contributed by atoms with E-state index in [2.05, 4.69) is 10.1 Å². The highest BCUT2D eigenvalue weighted by molar-refractivity contribution is 6.33. The Labute approximate surface area is 117 Å². The fourth-order valence-electron chi connectivity index (χ4n) is 2.03. The lowest BCUT2D eigenvalue weighted by Gasteiger charge is -2.25. The van der Waals surface area contributed by atoms with Crippen LogP contribution in [0, 0.1) is 0 Å². The van der Waals surface area contributed by atoms with Crippen LogP contribution in [0.5, 0.6) is 0 Å². The Kier molecular flexibility index (Phi) is 4.50. The number of oxime groups is 1. The normalized spacial score (nSPS) is 15.6. The summed E-state index contributed by atoms with van der Waals surface area (Å²) in [6.07, 6.45) is 2.37. The topological polar surface area (TPSA) is 71.1 Å². The van der Waals surface area contributed by atoms with E-state index in [1.165, 1.54) is 12.8 Å². The maximum Gasteiger partial charge on any atom is 0.170 e. The molecule has 0 aromatic heterocycles. The Hall–Kier alpha value is -1.46. The van der Waals surface area contributed by atoms with Crippen molar-refractivity contribution in [2.24, 2.45) is 10.9 Å². The van der Waals surface area contributed by atoms with E-state index in [-0.39, 0.29) is 5.84 Å². The molecule has 0 bridgehead atoms. The van der Waals surface area contributed by atoms with Crippen molar-refractivity contribution in [1.29, 1.82) is 0 Å². The molecular weight excluding hydrogens is 266 g/mol. The van der Waals surface area contributed by atoms with Gasteiger partial charge in [0.15, 0.2) is 5.84 Å². The van der Waals surface area contributed by atoms with Gasteiger partial charge in [0, 0.05) is 25.3 Å². The molecule has 1 aromatic carbocycles. The first-order valence-corrected chi connectivity index (χ1v) is 6.58. The Morgan fingerprint density at radius 3 is 2.84 bits per heavy atom. The zero-order valence-corrected chi connectivity index (χ0v) is 11.6. The highest BCUT2D eigenvalue weighted by atomic mass is 35.5. The molecule has 1 aliphatic carbocycles. The largest absolute Gasteiger partial charge is 0.409 e. The molecule has 1 saturated carbocycles. The van der Waals surface area contributed by atoms with Gasteiger partial charge in [-0.1, -0.05) is 16.8 Å². The highest BCUT2D eigenvalue weighted by Crippen LogP contribution is 2.35. The van der Waals surface area contributed by atoms with Crippen LogP contribution >= 0.6 is 11.6 Å². The molecule has 0 atom stereocenters. The lowest BCUT2D eigenvalue weighted by atomic mass is 10.1. The van der Waals surface area contributed by atoms with Gasteiger partial charge < -0.3 is 20.6 Å². The molecule has 2 rings (SSSR count). The molecule has 1 fully saturated rings. The van der Waals surface area contributed by atoms with E-state index in [1.807, 2.05) is 6.07 Å². The summed E-state index contributed by atoms with van der Waals surface area (Å²) in [6.45, 7) is 1.47. The third-order valence-corrected chi connectivity index (χ3v) is 3.49. The van der Waals surface area contributed by atoms with Crippen LogP contribution < -0.4 is 10.6 Å². The summed E-state index contributed by atoms with van der Waals surface area (Å²) >= 11 is 6.30. The van der Waals surface area contributed by atoms with Gasteiger partial charge in [0.2, 0.25) is 0 Å². The predicted octanol–water partition coefficient (Wildman–Crippen LogP) is 2.05. The number of halogens is 1. The molecule has 6 heteroatoms. The summed E-state index contributed by atoms with van der Waals surface area (Å²) in [4.78, 5) is 2.25. The number of hydrogen-bond donors (Lipinski definition) is 2. The smallest absolute Gasteiger partial charge is 0.170 e. The molecule has 3 N–H and O–H groups in total. The number of hydrogen-bond acceptors (Lipinski definition) is 4. The van der Waals surface area contributed by atoms with Gasteiger partial charge in [0.1, 0.15) is 0 Å². The van der Waals surface area contributed by atoms with Gasteiger partial charge in [-0.2, -0.15) is 0 Å². The van der Waals surface area contributed by atoms with Crippen molar-refractivity contribution >= 4 is 23.1 Å². The van der Waals surface area contributed by atoms with Crippen molar-refractivity contribution in [3.8, 4) is 0 Å². The monoisotopic (exact) mass is 283 g/mol. The molecule has 0 unspecified atom stereocenters. The number of benzene rings is 1. The number of methoxy groups -OCH3 is 1. The quantitative estimate of drug-likeness (QED) is 0.363. The summed E-state index contributed by atoms with van der Waals surface area (Å²) in [6, 6.07) is 5.97. The standard InChI is InChI=1S/C13H18ClN3O2/c1-19-7-6-17(10-3-4-10)12-5-2-9(8-11(12)14)13(15)16-18/h2,5,8,10,18H,3-4,6-7H2,1H3,(H2,15,16). The van der Waals surface area contributed by atoms with Gasteiger partial charge in [-0.15, -0.1) is 0 Å². The fourth-order valence-corrected chi connectivity index (χ4v) is 2.32. The minimum absolute atomic E-state index is 0.0586. The molecule has 1 aliphatic rings. The van der Waals surface area contributed by atoms with Crippen LogP contribution in [0.25, 0.3) is 0 Å². The molecule has 1 aromatic rings. The summed E-state index contributed by atoms with van der Waals surface area (Å²) in [7, 11) is 1.69. The lowest BCUT2D eigenvalue weighted by Crippen LogP contribution is -2.29. The number of anilines is 1. The van der Waals surface area contributed by atoms with Crippen LogP contribution in [0.15, 0.2) is 23.4 Å². The minimum Gasteiger partial charge on any atom is -0.409 e. The highest BCUT2D eigenvalue weighted by Gasteiger charge is 2.30. The molecule has 5 nitrogen and oxygen atoms in total. The summed E-state index contributed by atoms with van der Waals surface area (Å²) < 4.78 is 5.13. The number of amidine groups is 1. The Morgan fingerprint density at radius 2 is 2.32 bits per heavy atom. The SMILES string of the molecule is COCCN(c1ccc(C(N)=NO)cc1Cl)C1CC1. The van der Waals surface area contributed by atoms with Crippen molar-refractivity contribution in [2.75, 3.05) is 25.2 Å². The van der Waals surface area contributed by atoms with Crippen molar-refractivity contribution < 1.29 is 9.94 Å². The van der Waals surface area contributed by atoms with Crippen molar-refractivity contribution in [1.82, 2.24) is 0 Å². The summed E-state index contributed by atoms with van der Waals surface area (Å²) in [5.41, 5.74) is 7.13. The maximum atomic E-state index is 8.66. The molecule has 19 heavy (non-hydrogen) atoms. The average Bonchev–Trinajstić information content (AvgIpc) is 3.24. The molecule has 0 aliphatic heterocycles. The first kappa shape index (κ1) is 14.0. The predicted molar refractivity (Wildman–Crippen MR) is 76.2 cm³/mol. The van der Waals surface area contributed by atoms with Crippen LogP contribution in [0.4, 0.5) is 5.69 Å². The van der Waals surface area contributed by atoms with E-state index >= 15 is 0 Å². The van der Waals surface area contributed by atoms with E-state index < -0.39 is 0 Å². The number of nitrogens with two attached hydrogens (primary N) is 1. The first-order chi connectivity index (χ1) is 9.17. The van der Waals surface area contributed by atoms with Gasteiger partial charge in [0.05, 0.1) is 17.3 Å². The molecular formula is C13H18ClN3O2. The van der Waals surface area contributed by atoms with Crippen molar-refractivity contribution in [2.45, 2.75) is 18.9 Å². The molecule has 0 amide bonds.